The highest BCUT2D eigenvalue weighted by Crippen LogP contribution is 2.27. The Morgan fingerprint density at radius 3 is 2.53 bits per heavy atom. The molecule has 0 amide bonds. The Labute approximate surface area is 115 Å². The van der Waals surface area contributed by atoms with Gasteiger partial charge in [-0.05, 0) is 44.8 Å². The highest BCUT2D eigenvalue weighted by molar-refractivity contribution is 5.23. The van der Waals surface area contributed by atoms with Crippen LogP contribution >= 0.6 is 0 Å². The van der Waals surface area contributed by atoms with Crippen LogP contribution in [0.1, 0.15) is 37.2 Å². The summed E-state index contributed by atoms with van der Waals surface area (Å²) in [5.74, 6) is 0. The molecule has 1 aromatic rings. The van der Waals surface area contributed by atoms with Crippen LogP contribution in [-0.4, -0.2) is 30.7 Å². The summed E-state index contributed by atoms with van der Waals surface area (Å²) in [5, 5.41) is 0. The maximum atomic E-state index is 5.70. The van der Waals surface area contributed by atoms with Crippen LogP contribution in [0.25, 0.3) is 0 Å². The highest BCUT2D eigenvalue weighted by Gasteiger charge is 2.23. The molecular formula is C16H22NO2. The van der Waals surface area contributed by atoms with Crippen molar-refractivity contribution in [3.8, 4) is 0 Å². The van der Waals surface area contributed by atoms with E-state index in [0.717, 1.165) is 12.1 Å². The molecule has 103 valence electrons. The molecule has 2 unspecified atom stereocenters. The molecule has 1 aromatic carbocycles. The summed E-state index contributed by atoms with van der Waals surface area (Å²) in [7, 11) is 0. The van der Waals surface area contributed by atoms with Gasteiger partial charge in [-0.15, -0.1) is 0 Å². The Morgan fingerprint density at radius 1 is 1.16 bits per heavy atom. The summed E-state index contributed by atoms with van der Waals surface area (Å²) in [6.45, 7) is 6.16. The van der Waals surface area contributed by atoms with Gasteiger partial charge in [0.1, 0.15) is 0 Å². The van der Waals surface area contributed by atoms with E-state index in [1.54, 1.807) is 0 Å². The topological polar surface area (TPSA) is 21.7 Å². The van der Waals surface area contributed by atoms with Gasteiger partial charge in [0, 0.05) is 12.1 Å². The quantitative estimate of drug-likeness (QED) is 0.834. The standard InChI is InChI=1S/C16H22NO2/c1-13-12-18-16(19-13)15-7-5-14(6-8-15)11-17-9-3-2-4-10-17/h2,5-8,13,16H,3-4,9-12H2,1H3. The van der Waals surface area contributed by atoms with Crippen LogP contribution in [0, 0.1) is 6.42 Å². The van der Waals surface area contributed by atoms with Gasteiger partial charge in [-0.3, -0.25) is 4.90 Å². The molecule has 0 aliphatic carbocycles. The molecule has 0 saturated carbocycles. The fourth-order valence-corrected chi connectivity index (χ4v) is 2.69. The van der Waals surface area contributed by atoms with Gasteiger partial charge in [-0.1, -0.05) is 24.3 Å². The van der Waals surface area contributed by atoms with E-state index in [2.05, 4.69) is 35.6 Å². The molecule has 3 heteroatoms. The smallest absolute Gasteiger partial charge is 0.184 e. The normalized spacial score (nSPS) is 28.7. The third-order valence-electron chi connectivity index (χ3n) is 3.80. The van der Waals surface area contributed by atoms with Gasteiger partial charge < -0.3 is 9.47 Å². The second-order valence-electron chi connectivity index (χ2n) is 5.50. The molecule has 2 fully saturated rings. The van der Waals surface area contributed by atoms with E-state index in [9.17, 15) is 0 Å². The number of nitrogens with zero attached hydrogens (tertiary/aromatic N) is 1. The predicted molar refractivity (Wildman–Crippen MR) is 74.5 cm³/mol. The van der Waals surface area contributed by atoms with Crippen molar-refractivity contribution in [2.75, 3.05) is 19.7 Å². The summed E-state index contributed by atoms with van der Waals surface area (Å²) in [6.07, 6.45) is 4.86. The molecule has 2 atom stereocenters. The van der Waals surface area contributed by atoms with Crippen molar-refractivity contribution in [2.24, 2.45) is 0 Å². The lowest BCUT2D eigenvalue weighted by Crippen LogP contribution is -2.29. The molecule has 2 aliphatic heterocycles. The second-order valence-corrected chi connectivity index (χ2v) is 5.50. The summed E-state index contributed by atoms with van der Waals surface area (Å²) >= 11 is 0. The number of rotatable bonds is 3. The number of hydrogen-bond donors (Lipinski definition) is 0. The third kappa shape index (κ3) is 3.35. The fraction of sp³-hybridized carbons (Fsp3) is 0.562. The average molecular weight is 260 g/mol. The van der Waals surface area contributed by atoms with E-state index in [1.165, 1.54) is 31.5 Å². The zero-order valence-electron chi connectivity index (χ0n) is 11.5. The summed E-state index contributed by atoms with van der Waals surface area (Å²) in [5.41, 5.74) is 2.50. The van der Waals surface area contributed by atoms with E-state index in [0.29, 0.717) is 6.61 Å². The molecule has 0 bridgehead atoms. The molecule has 3 rings (SSSR count). The van der Waals surface area contributed by atoms with E-state index < -0.39 is 0 Å². The van der Waals surface area contributed by atoms with Crippen LogP contribution in [0.2, 0.25) is 0 Å². The minimum atomic E-state index is -0.173. The number of likely N-dealkylation sites (tertiary alicyclic amines) is 1. The Bertz CT molecular complexity index is 398. The first kappa shape index (κ1) is 13.1. The van der Waals surface area contributed by atoms with Crippen LogP contribution in [-0.2, 0) is 16.0 Å². The molecule has 2 aliphatic rings. The maximum Gasteiger partial charge on any atom is 0.184 e. The molecule has 19 heavy (non-hydrogen) atoms. The molecule has 3 nitrogen and oxygen atoms in total. The lowest BCUT2D eigenvalue weighted by molar-refractivity contribution is -0.0572. The van der Waals surface area contributed by atoms with E-state index in [1.807, 2.05) is 6.92 Å². The lowest BCUT2D eigenvalue weighted by atomic mass is 10.1. The van der Waals surface area contributed by atoms with Crippen LogP contribution in [0.3, 0.4) is 0 Å². The van der Waals surface area contributed by atoms with Crippen LogP contribution in [0.5, 0.6) is 0 Å². The highest BCUT2D eigenvalue weighted by atomic mass is 16.7. The Balaban J connectivity index is 1.59. The van der Waals surface area contributed by atoms with Crippen LogP contribution in [0.15, 0.2) is 24.3 Å². The van der Waals surface area contributed by atoms with Crippen molar-refractivity contribution in [1.82, 2.24) is 4.90 Å². The Kier molecular flexibility index (Phi) is 4.16. The van der Waals surface area contributed by atoms with E-state index in [-0.39, 0.29) is 12.4 Å². The van der Waals surface area contributed by atoms with Crippen molar-refractivity contribution in [2.45, 2.75) is 38.7 Å². The minimum Gasteiger partial charge on any atom is -0.346 e. The van der Waals surface area contributed by atoms with Gasteiger partial charge in [-0.25, -0.2) is 0 Å². The predicted octanol–water partition coefficient (Wildman–Crippen LogP) is 2.92. The average Bonchev–Trinajstić information content (AvgIpc) is 2.87. The van der Waals surface area contributed by atoms with Gasteiger partial charge >= 0.3 is 0 Å². The number of ether oxygens (including phenoxy) is 2. The molecule has 0 N–H and O–H groups in total. The number of benzene rings is 1. The first-order chi connectivity index (χ1) is 9.31. The van der Waals surface area contributed by atoms with Crippen LogP contribution < -0.4 is 0 Å². The van der Waals surface area contributed by atoms with Gasteiger partial charge in [0.2, 0.25) is 0 Å². The Hall–Kier alpha value is -0.900. The number of piperidine rings is 1. The molecule has 2 saturated heterocycles. The molecule has 2 heterocycles. The first-order valence-corrected chi connectivity index (χ1v) is 7.21. The summed E-state index contributed by atoms with van der Waals surface area (Å²) < 4.78 is 11.3. The molecule has 0 spiro atoms. The SMILES string of the molecule is CC1COC(c2ccc(CN3CC[CH]CC3)cc2)O1. The van der Waals surface area contributed by atoms with Crippen molar-refractivity contribution in [3.63, 3.8) is 0 Å². The summed E-state index contributed by atoms with van der Waals surface area (Å²) in [6, 6.07) is 8.66. The van der Waals surface area contributed by atoms with Gasteiger partial charge in [0.05, 0.1) is 12.7 Å². The molecule has 0 aromatic heterocycles. The fourth-order valence-electron chi connectivity index (χ4n) is 2.69. The monoisotopic (exact) mass is 260 g/mol. The van der Waals surface area contributed by atoms with Crippen molar-refractivity contribution >= 4 is 0 Å². The van der Waals surface area contributed by atoms with Gasteiger partial charge in [0.15, 0.2) is 6.29 Å². The molecular weight excluding hydrogens is 238 g/mol. The van der Waals surface area contributed by atoms with Gasteiger partial charge in [0.25, 0.3) is 0 Å². The van der Waals surface area contributed by atoms with Gasteiger partial charge in [-0.2, -0.15) is 0 Å². The zero-order valence-corrected chi connectivity index (χ0v) is 11.5. The van der Waals surface area contributed by atoms with Crippen molar-refractivity contribution in [1.29, 1.82) is 0 Å². The summed E-state index contributed by atoms with van der Waals surface area (Å²) in [4.78, 5) is 2.51. The lowest BCUT2D eigenvalue weighted by Gasteiger charge is -2.26. The first-order valence-electron chi connectivity index (χ1n) is 7.21. The second kappa shape index (κ2) is 6.04. The minimum absolute atomic E-state index is 0.173. The van der Waals surface area contributed by atoms with Crippen molar-refractivity contribution < 1.29 is 9.47 Å². The molecule has 1 radical (unpaired) electrons. The van der Waals surface area contributed by atoms with Crippen molar-refractivity contribution in [3.05, 3.63) is 41.8 Å². The maximum absolute atomic E-state index is 5.70. The van der Waals surface area contributed by atoms with Crippen LogP contribution in [0.4, 0.5) is 0 Å². The largest absolute Gasteiger partial charge is 0.346 e. The van der Waals surface area contributed by atoms with E-state index >= 15 is 0 Å². The Morgan fingerprint density at radius 2 is 1.89 bits per heavy atom. The zero-order chi connectivity index (χ0) is 13.1. The third-order valence-corrected chi connectivity index (χ3v) is 3.80. The number of hydrogen-bond acceptors (Lipinski definition) is 3. The van der Waals surface area contributed by atoms with E-state index in [4.69, 9.17) is 9.47 Å².